The first-order valence-electron chi connectivity index (χ1n) is 6.46. The van der Waals surface area contributed by atoms with Gasteiger partial charge in [0.1, 0.15) is 0 Å². The number of ether oxygens (including phenoxy) is 1. The normalized spacial score (nSPS) is 10.3. The highest BCUT2D eigenvalue weighted by atomic mass is 16.5. The summed E-state index contributed by atoms with van der Waals surface area (Å²) in [5.74, 6) is 2.13. The van der Waals surface area contributed by atoms with Crippen LogP contribution in [0.2, 0.25) is 0 Å². The van der Waals surface area contributed by atoms with E-state index in [4.69, 9.17) is 6.42 Å². The van der Waals surface area contributed by atoms with Crippen molar-refractivity contribution in [2.75, 3.05) is 13.7 Å². The van der Waals surface area contributed by atoms with Crippen LogP contribution in [0.5, 0.6) is 0 Å². The van der Waals surface area contributed by atoms with Gasteiger partial charge in [0, 0.05) is 6.21 Å². The Morgan fingerprint density at radius 1 is 1.14 bits per heavy atom. The summed E-state index contributed by atoms with van der Waals surface area (Å²) in [6.45, 7) is 0.386. The summed E-state index contributed by atoms with van der Waals surface area (Å²) in [4.78, 5) is 15.5. The molecule has 0 aliphatic heterocycles. The number of hydrogen-bond acceptors (Lipinski definition) is 3. The maximum atomic E-state index is 11.4. The van der Waals surface area contributed by atoms with E-state index in [9.17, 15) is 4.79 Å². The third-order valence-electron chi connectivity index (χ3n) is 2.97. The third-order valence-corrected chi connectivity index (χ3v) is 2.97. The van der Waals surface area contributed by atoms with Crippen molar-refractivity contribution in [1.82, 2.24) is 0 Å². The lowest BCUT2D eigenvalue weighted by Crippen LogP contribution is -2.00. The minimum atomic E-state index is -0.332. The molecule has 0 bridgehead atoms. The van der Waals surface area contributed by atoms with Gasteiger partial charge in [-0.15, -0.1) is 6.42 Å². The quantitative estimate of drug-likeness (QED) is 0.489. The molecule has 0 atom stereocenters. The zero-order valence-electron chi connectivity index (χ0n) is 11.7. The van der Waals surface area contributed by atoms with Crippen LogP contribution in [0.15, 0.2) is 53.5 Å². The van der Waals surface area contributed by atoms with Crippen molar-refractivity contribution in [1.29, 1.82) is 0 Å². The molecule has 0 aliphatic carbocycles. The maximum absolute atomic E-state index is 11.4. The third kappa shape index (κ3) is 3.80. The Morgan fingerprint density at radius 3 is 2.24 bits per heavy atom. The van der Waals surface area contributed by atoms with Crippen molar-refractivity contribution in [3.63, 3.8) is 0 Å². The van der Waals surface area contributed by atoms with Crippen LogP contribution in [-0.4, -0.2) is 25.8 Å². The number of benzene rings is 2. The van der Waals surface area contributed by atoms with E-state index in [2.05, 4.69) is 15.6 Å². The number of carbonyl (C=O) groups excluding carboxylic acids is 1. The highest BCUT2D eigenvalue weighted by Gasteiger charge is 2.05. The van der Waals surface area contributed by atoms with Crippen LogP contribution in [0.1, 0.15) is 15.9 Å². The number of terminal acetylenes is 1. The minimum Gasteiger partial charge on any atom is -0.465 e. The van der Waals surface area contributed by atoms with Gasteiger partial charge in [-0.1, -0.05) is 42.3 Å². The molecule has 2 aromatic carbocycles. The van der Waals surface area contributed by atoms with E-state index in [-0.39, 0.29) is 5.97 Å². The van der Waals surface area contributed by atoms with E-state index in [1.54, 1.807) is 18.3 Å². The summed E-state index contributed by atoms with van der Waals surface area (Å²) in [5, 5.41) is 0. The van der Waals surface area contributed by atoms with Crippen LogP contribution < -0.4 is 0 Å². The molecule has 104 valence electrons. The van der Waals surface area contributed by atoms with Crippen molar-refractivity contribution in [2.45, 2.75) is 0 Å². The molecule has 3 heteroatoms. The molecule has 0 radical (unpaired) electrons. The average molecular weight is 277 g/mol. The van der Waals surface area contributed by atoms with Crippen LogP contribution in [0, 0.1) is 12.3 Å². The van der Waals surface area contributed by atoms with Crippen LogP contribution in [0.3, 0.4) is 0 Å². The van der Waals surface area contributed by atoms with Gasteiger partial charge in [0.15, 0.2) is 0 Å². The first kappa shape index (κ1) is 14.5. The molecule has 0 spiro atoms. The lowest BCUT2D eigenvalue weighted by molar-refractivity contribution is 0.0601. The zero-order chi connectivity index (χ0) is 15.1. The molecule has 0 fully saturated rings. The molecular weight excluding hydrogens is 262 g/mol. The fraction of sp³-hybridized carbons (Fsp3) is 0.111. The molecule has 0 N–H and O–H groups in total. The Labute approximate surface area is 124 Å². The van der Waals surface area contributed by atoms with E-state index in [0.29, 0.717) is 12.1 Å². The topological polar surface area (TPSA) is 38.7 Å². The number of hydrogen-bond donors (Lipinski definition) is 0. The number of aliphatic imine (C=N–C) groups is 1. The number of methoxy groups -OCH3 is 1. The Balaban J connectivity index is 2.15. The van der Waals surface area contributed by atoms with Gasteiger partial charge in [0.2, 0.25) is 0 Å². The lowest BCUT2D eigenvalue weighted by atomic mass is 10.0. The second kappa shape index (κ2) is 7.06. The zero-order valence-corrected chi connectivity index (χ0v) is 11.7. The van der Waals surface area contributed by atoms with Gasteiger partial charge in [0.05, 0.1) is 19.2 Å². The van der Waals surface area contributed by atoms with Gasteiger partial charge >= 0.3 is 5.97 Å². The predicted octanol–water partition coefficient (Wildman–Crippen LogP) is 3.19. The Bertz CT molecular complexity index is 677. The van der Waals surface area contributed by atoms with Gasteiger partial charge in [-0.3, -0.25) is 4.99 Å². The fourth-order valence-electron chi connectivity index (χ4n) is 1.88. The SMILES string of the molecule is C#CCN=Cc1ccc(-c2ccc(C(=O)OC)cc2)cc1. The van der Waals surface area contributed by atoms with E-state index in [1.165, 1.54) is 7.11 Å². The van der Waals surface area contributed by atoms with Gasteiger partial charge in [-0.2, -0.15) is 0 Å². The highest BCUT2D eigenvalue weighted by Crippen LogP contribution is 2.20. The summed E-state index contributed by atoms with van der Waals surface area (Å²) in [6, 6.07) is 15.3. The summed E-state index contributed by atoms with van der Waals surface area (Å²) < 4.78 is 4.68. The summed E-state index contributed by atoms with van der Waals surface area (Å²) >= 11 is 0. The Kier molecular flexibility index (Phi) is 4.89. The molecule has 0 heterocycles. The molecular formula is C18H15NO2. The Morgan fingerprint density at radius 2 is 1.71 bits per heavy atom. The first-order chi connectivity index (χ1) is 10.2. The summed E-state index contributed by atoms with van der Waals surface area (Å²) in [6.07, 6.45) is 6.89. The molecule has 0 unspecified atom stereocenters. The van der Waals surface area contributed by atoms with E-state index >= 15 is 0 Å². The number of carbonyl (C=O) groups is 1. The summed E-state index contributed by atoms with van der Waals surface area (Å²) in [7, 11) is 1.37. The predicted molar refractivity (Wildman–Crippen MR) is 84.5 cm³/mol. The molecule has 0 saturated carbocycles. The van der Waals surface area contributed by atoms with Crippen molar-refractivity contribution < 1.29 is 9.53 Å². The van der Waals surface area contributed by atoms with Crippen LogP contribution in [0.4, 0.5) is 0 Å². The van der Waals surface area contributed by atoms with Crippen molar-refractivity contribution in [3.8, 4) is 23.5 Å². The fourth-order valence-corrected chi connectivity index (χ4v) is 1.88. The van der Waals surface area contributed by atoms with Crippen molar-refractivity contribution in [3.05, 3.63) is 59.7 Å². The molecule has 0 aliphatic rings. The van der Waals surface area contributed by atoms with Gasteiger partial charge in [-0.05, 0) is 28.8 Å². The van der Waals surface area contributed by atoms with Crippen molar-refractivity contribution in [2.24, 2.45) is 4.99 Å². The van der Waals surface area contributed by atoms with Gasteiger partial charge < -0.3 is 4.74 Å². The molecule has 0 aromatic heterocycles. The monoisotopic (exact) mass is 277 g/mol. The standard InChI is InChI=1S/C18H15NO2/c1-3-12-19-13-14-4-6-15(7-5-14)16-8-10-17(11-9-16)18(20)21-2/h1,4-11,13H,12H2,2H3. The van der Waals surface area contributed by atoms with E-state index in [0.717, 1.165) is 16.7 Å². The van der Waals surface area contributed by atoms with Gasteiger partial charge in [0.25, 0.3) is 0 Å². The first-order valence-corrected chi connectivity index (χ1v) is 6.46. The highest BCUT2D eigenvalue weighted by molar-refractivity contribution is 5.90. The second-order valence-corrected chi connectivity index (χ2v) is 4.36. The molecule has 3 nitrogen and oxygen atoms in total. The molecule has 0 amide bonds. The smallest absolute Gasteiger partial charge is 0.337 e. The maximum Gasteiger partial charge on any atom is 0.337 e. The lowest BCUT2D eigenvalue weighted by Gasteiger charge is -2.04. The number of nitrogens with zero attached hydrogens (tertiary/aromatic N) is 1. The number of esters is 1. The van der Waals surface area contributed by atoms with Gasteiger partial charge in [-0.25, -0.2) is 4.79 Å². The van der Waals surface area contributed by atoms with Crippen LogP contribution in [0.25, 0.3) is 11.1 Å². The van der Waals surface area contributed by atoms with Crippen LogP contribution >= 0.6 is 0 Å². The molecule has 2 rings (SSSR count). The Hall–Kier alpha value is -2.86. The minimum absolute atomic E-state index is 0.332. The van der Waals surface area contributed by atoms with Crippen LogP contribution in [-0.2, 0) is 4.74 Å². The number of rotatable bonds is 4. The summed E-state index contributed by atoms with van der Waals surface area (Å²) in [5.41, 5.74) is 3.65. The average Bonchev–Trinajstić information content (AvgIpc) is 2.55. The van der Waals surface area contributed by atoms with E-state index < -0.39 is 0 Å². The molecule has 0 saturated heterocycles. The largest absolute Gasteiger partial charge is 0.465 e. The second-order valence-electron chi connectivity index (χ2n) is 4.36. The van der Waals surface area contributed by atoms with E-state index in [1.807, 2.05) is 36.4 Å². The molecule has 2 aromatic rings. The molecule has 21 heavy (non-hydrogen) atoms. The van der Waals surface area contributed by atoms with Crippen molar-refractivity contribution >= 4 is 12.2 Å².